The van der Waals surface area contributed by atoms with Gasteiger partial charge in [0, 0.05) is 82.2 Å². The molecule has 1 fully saturated rings. The van der Waals surface area contributed by atoms with E-state index in [9.17, 15) is 13.6 Å². The largest absolute Gasteiger partial charge is 0.383 e. The topological polar surface area (TPSA) is 100 Å². The highest BCUT2D eigenvalue weighted by Crippen LogP contribution is 2.31. The number of hydrogen-bond acceptors (Lipinski definition) is 8. The van der Waals surface area contributed by atoms with E-state index in [4.69, 9.17) is 4.74 Å². The predicted octanol–water partition coefficient (Wildman–Crippen LogP) is 6.68. The van der Waals surface area contributed by atoms with Gasteiger partial charge in [-0.3, -0.25) is 14.4 Å². The summed E-state index contributed by atoms with van der Waals surface area (Å²) in [6, 6.07) is 10.4. The van der Waals surface area contributed by atoms with Crippen LogP contribution in [0.4, 0.5) is 26.1 Å². The molecule has 2 aromatic carbocycles. The molecule has 0 bridgehead atoms. The zero-order chi connectivity index (χ0) is 35.4. The van der Waals surface area contributed by atoms with Crippen LogP contribution in [0.25, 0.3) is 0 Å². The molecule has 1 saturated heterocycles. The van der Waals surface area contributed by atoms with Crippen molar-refractivity contribution >= 4 is 23.2 Å². The molecule has 0 atom stereocenters. The van der Waals surface area contributed by atoms with Gasteiger partial charge in [0.05, 0.1) is 25.0 Å². The minimum atomic E-state index is -2.98. The van der Waals surface area contributed by atoms with Gasteiger partial charge >= 0.3 is 0 Å². The second kappa shape index (κ2) is 17.9. The van der Waals surface area contributed by atoms with Gasteiger partial charge in [-0.1, -0.05) is 26.3 Å². The molecule has 2 aromatic heterocycles. The summed E-state index contributed by atoms with van der Waals surface area (Å²) in [6.07, 6.45) is 10.2. The number of methoxy groups -OCH3 is 1. The first kappa shape index (κ1) is 37.6. The summed E-state index contributed by atoms with van der Waals surface area (Å²) in [5.41, 5.74) is 5.93. The first-order valence-electron chi connectivity index (χ1n) is 16.9. The third-order valence-corrected chi connectivity index (χ3v) is 8.41. The highest BCUT2D eigenvalue weighted by Gasteiger charge is 2.26. The standard InChI is InChI=1S/C25H33F2N3O.C12H17N5O/c1-5-6-20-7-8-21(13-18(20)2)24(31)28-23-15-19(14-22(16-23)25(3,26)27)17-30-11-9-29(4)10-12-30;1-3-10-6-13-12(14-7-10)16-11-8-15-17(9-11)4-5-18-2/h7-8,13-16H,5-6,9-12,17H2,1-4H3,(H,28,31);6-9H,3-5H2,1-2H3,(H,13,14,16). The van der Waals surface area contributed by atoms with Crippen molar-refractivity contribution in [1.82, 2.24) is 29.5 Å². The molecule has 49 heavy (non-hydrogen) atoms. The maximum Gasteiger partial charge on any atom is 0.270 e. The molecule has 0 aliphatic carbocycles. The Morgan fingerprint density at radius 1 is 0.980 bits per heavy atom. The van der Waals surface area contributed by atoms with E-state index in [0.717, 1.165) is 81.3 Å². The fourth-order valence-electron chi connectivity index (χ4n) is 5.43. The van der Waals surface area contributed by atoms with Crippen LogP contribution in [0.15, 0.2) is 61.2 Å². The summed E-state index contributed by atoms with van der Waals surface area (Å²) in [5, 5.41) is 10.1. The van der Waals surface area contributed by atoms with Crippen molar-refractivity contribution in [2.75, 3.05) is 57.6 Å². The van der Waals surface area contributed by atoms with Crippen LogP contribution < -0.4 is 10.6 Å². The quantitative estimate of drug-likeness (QED) is 0.162. The lowest BCUT2D eigenvalue weighted by molar-refractivity contribution is 0.0173. The Kier molecular flexibility index (Phi) is 13.7. The highest BCUT2D eigenvalue weighted by molar-refractivity contribution is 6.04. The van der Waals surface area contributed by atoms with Crippen LogP contribution in [0, 0.1) is 6.92 Å². The number of nitrogens with zero attached hydrogens (tertiary/aromatic N) is 6. The van der Waals surface area contributed by atoms with Gasteiger partial charge in [0.25, 0.3) is 11.8 Å². The van der Waals surface area contributed by atoms with Gasteiger partial charge in [0.15, 0.2) is 0 Å². The van der Waals surface area contributed by atoms with Gasteiger partial charge in [-0.05, 0) is 79.4 Å². The molecule has 0 spiro atoms. The maximum atomic E-state index is 14.1. The number of benzene rings is 2. The summed E-state index contributed by atoms with van der Waals surface area (Å²) in [7, 11) is 3.76. The van der Waals surface area contributed by atoms with E-state index in [1.807, 2.05) is 48.4 Å². The number of rotatable bonds is 13. The summed E-state index contributed by atoms with van der Waals surface area (Å²) in [5.74, 6) is -2.68. The van der Waals surface area contributed by atoms with Gasteiger partial charge in [-0.2, -0.15) is 5.10 Å². The van der Waals surface area contributed by atoms with Crippen LogP contribution in [0.2, 0.25) is 0 Å². The SMILES string of the molecule is CCCc1ccc(C(=O)Nc2cc(CN3CCN(C)CC3)cc(C(C)(F)F)c2)cc1C.CCc1cnc(Nc2cnn(CCOC)c2)nc1. The van der Waals surface area contributed by atoms with Crippen LogP contribution in [-0.2, 0) is 36.6 Å². The van der Waals surface area contributed by atoms with E-state index in [0.29, 0.717) is 30.4 Å². The smallest absolute Gasteiger partial charge is 0.270 e. The van der Waals surface area contributed by atoms with Crippen molar-refractivity contribution in [2.24, 2.45) is 0 Å². The number of amides is 1. The molecule has 2 N–H and O–H groups in total. The Labute approximate surface area is 288 Å². The fourth-order valence-corrected chi connectivity index (χ4v) is 5.43. The lowest BCUT2D eigenvalue weighted by Crippen LogP contribution is -2.43. The van der Waals surface area contributed by atoms with E-state index in [-0.39, 0.29) is 11.5 Å². The second-order valence-electron chi connectivity index (χ2n) is 12.6. The second-order valence-corrected chi connectivity index (χ2v) is 12.6. The Hall–Kier alpha value is -4.26. The Balaban J connectivity index is 0.000000254. The third kappa shape index (κ3) is 11.7. The Morgan fingerprint density at radius 2 is 1.71 bits per heavy atom. The molecular weight excluding hydrogens is 626 g/mol. The number of nitrogens with one attached hydrogen (secondary N) is 2. The fraction of sp³-hybridized carbons (Fsp3) is 0.459. The summed E-state index contributed by atoms with van der Waals surface area (Å²) >= 11 is 0. The van der Waals surface area contributed by atoms with Crippen molar-refractivity contribution in [1.29, 1.82) is 0 Å². The normalized spacial score (nSPS) is 13.9. The van der Waals surface area contributed by atoms with Crippen LogP contribution in [0.5, 0.6) is 0 Å². The van der Waals surface area contributed by atoms with Crippen LogP contribution >= 0.6 is 0 Å². The highest BCUT2D eigenvalue weighted by atomic mass is 19.3. The number of aromatic nitrogens is 4. The number of ether oxygens (including phenoxy) is 1. The lowest BCUT2D eigenvalue weighted by atomic mass is 10.0. The molecule has 1 aliphatic heterocycles. The zero-order valence-corrected chi connectivity index (χ0v) is 29.6. The molecule has 10 nitrogen and oxygen atoms in total. The van der Waals surface area contributed by atoms with E-state index in [2.05, 4.69) is 56.4 Å². The Bertz CT molecular complexity index is 1630. The molecule has 0 saturated carbocycles. The number of likely N-dealkylation sites (N-methyl/N-ethyl adjacent to an activating group) is 1. The van der Waals surface area contributed by atoms with Crippen molar-refractivity contribution in [3.8, 4) is 0 Å². The summed E-state index contributed by atoms with van der Waals surface area (Å²) in [6.45, 7) is 12.8. The minimum Gasteiger partial charge on any atom is -0.383 e. The summed E-state index contributed by atoms with van der Waals surface area (Å²) in [4.78, 5) is 25.8. The minimum absolute atomic E-state index is 0.0797. The van der Waals surface area contributed by atoms with Gasteiger partial charge in [0.1, 0.15) is 0 Å². The average Bonchev–Trinajstić information content (AvgIpc) is 3.53. The molecule has 0 unspecified atom stereocenters. The van der Waals surface area contributed by atoms with Gasteiger partial charge < -0.3 is 20.3 Å². The molecule has 4 aromatic rings. The number of halogens is 2. The predicted molar refractivity (Wildman–Crippen MR) is 191 cm³/mol. The van der Waals surface area contributed by atoms with Crippen molar-refractivity contribution in [2.45, 2.75) is 66.0 Å². The molecule has 5 rings (SSSR count). The number of aryl methyl sites for hydroxylation is 3. The monoisotopic (exact) mass is 676 g/mol. The van der Waals surface area contributed by atoms with Crippen molar-refractivity contribution < 1.29 is 18.3 Å². The molecule has 12 heteroatoms. The maximum absolute atomic E-state index is 14.1. The first-order chi connectivity index (χ1) is 23.5. The van der Waals surface area contributed by atoms with Gasteiger partial charge in [0.2, 0.25) is 5.95 Å². The number of hydrogen-bond donors (Lipinski definition) is 2. The molecule has 0 radical (unpaired) electrons. The average molecular weight is 677 g/mol. The van der Waals surface area contributed by atoms with Gasteiger partial charge in [-0.25, -0.2) is 18.7 Å². The van der Waals surface area contributed by atoms with E-state index in [1.54, 1.807) is 25.4 Å². The van der Waals surface area contributed by atoms with Crippen molar-refractivity contribution in [3.63, 3.8) is 0 Å². The molecule has 1 amide bonds. The lowest BCUT2D eigenvalue weighted by Gasteiger charge is -2.32. The summed E-state index contributed by atoms with van der Waals surface area (Å²) < 4.78 is 35.1. The molecule has 264 valence electrons. The van der Waals surface area contributed by atoms with Crippen LogP contribution in [-0.4, -0.2) is 82.4 Å². The number of alkyl halides is 2. The van der Waals surface area contributed by atoms with Crippen LogP contribution in [0.1, 0.15) is 65.4 Å². The first-order valence-corrected chi connectivity index (χ1v) is 16.9. The Morgan fingerprint density at radius 3 is 2.35 bits per heavy atom. The van der Waals surface area contributed by atoms with Gasteiger partial charge in [-0.15, -0.1) is 0 Å². The molecule has 3 heterocycles. The number of piperazine rings is 1. The number of carbonyl (C=O) groups excluding carboxylic acids is 1. The van der Waals surface area contributed by atoms with E-state index < -0.39 is 5.92 Å². The van der Waals surface area contributed by atoms with Crippen molar-refractivity contribution in [3.05, 3.63) is 94.6 Å². The van der Waals surface area contributed by atoms with Crippen LogP contribution in [0.3, 0.4) is 0 Å². The molecule has 1 aliphatic rings. The zero-order valence-electron chi connectivity index (χ0n) is 29.6. The third-order valence-electron chi connectivity index (χ3n) is 8.41. The number of anilines is 3. The van der Waals surface area contributed by atoms with E-state index in [1.165, 1.54) is 11.6 Å². The molecular formula is C37H50F2N8O2. The number of carbonyl (C=O) groups is 1. The van der Waals surface area contributed by atoms with E-state index >= 15 is 0 Å².